The topological polar surface area (TPSA) is 43.1 Å². The van der Waals surface area contributed by atoms with Crippen LogP contribution in [0, 0.1) is 0 Å². The van der Waals surface area contributed by atoms with E-state index >= 15 is 0 Å². The average molecular weight is 253 g/mol. The fourth-order valence-corrected chi connectivity index (χ4v) is 2.07. The highest BCUT2D eigenvalue weighted by molar-refractivity contribution is 5.95. The molecular weight excluding hydrogens is 234 g/mol. The van der Waals surface area contributed by atoms with Gasteiger partial charge in [-0.05, 0) is 37.0 Å². The van der Waals surface area contributed by atoms with Gasteiger partial charge < -0.3 is 5.73 Å². The zero-order valence-corrected chi connectivity index (χ0v) is 11.0. The van der Waals surface area contributed by atoms with Gasteiger partial charge in [0.1, 0.15) is 0 Å². The third kappa shape index (κ3) is 4.25. The van der Waals surface area contributed by atoms with Crippen molar-refractivity contribution in [1.82, 2.24) is 0 Å². The normalized spacial score (nSPS) is 10.3. The molecule has 2 N–H and O–H groups in total. The van der Waals surface area contributed by atoms with Crippen molar-refractivity contribution in [2.75, 3.05) is 5.73 Å². The van der Waals surface area contributed by atoms with Gasteiger partial charge in [-0.1, -0.05) is 42.5 Å². The number of Topliss-reactive ketones (excluding diaryl/α,β-unsaturated/α-hetero) is 1. The van der Waals surface area contributed by atoms with Crippen LogP contribution in [0.1, 0.15) is 35.2 Å². The van der Waals surface area contributed by atoms with Gasteiger partial charge in [0.15, 0.2) is 5.78 Å². The molecule has 0 bridgehead atoms. The van der Waals surface area contributed by atoms with Gasteiger partial charge in [-0.2, -0.15) is 0 Å². The Bertz CT molecular complexity index is 517. The summed E-state index contributed by atoms with van der Waals surface area (Å²) in [7, 11) is 0. The predicted octanol–water partition coefficient (Wildman–Crippen LogP) is 3.86. The van der Waals surface area contributed by atoms with Crippen LogP contribution in [0.2, 0.25) is 0 Å². The van der Waals surface area contributed by atoms with Gasteiger partial charge in [-0.3, -0.25) is 4.79 Å². The van der Waals surface area contributed by atoms with Crippen molar-refractivity contribution in [1.29, 1.82) is 0 Å². The second-order valence-electron chi connectivity index (χ2n) is 4.74. The van der Waals surface area contributed by atoms with E-state index in [1.165, 1.54) is 5.56 Å². The van der Waals surface area contributed by atoms with Gasteiger partial charge in [0.2, 0.25) is 0 Å². The van der Waals surface area contributed by atoms with E-state index in [-0.39, 0.29) is 5.78 Å². The van der Waals surface area contributed by atoms with E-state index in [2.05, 4.69) is 0 Å². The highest BCUT2D eigenvalue weighted by Gasteiger charge is 2.04. The molecule has 2 aromatic carbocycles. The van der Waals surface area contributed by atoms with E-state index in [4.69, 9.17) is 5.73 Å². The van der Waals surface area contributed by atoms with E-state index in [0.29, 0.717) is 6.42 Å². The number of anilines is 1. The summed E-state index contributed by atoms with van der Waals surface area (Å²) in [6.07, 6.45) is 3.59. The quantitative estimate of drug-likeness (QED) is 0.482. The van der Waals surface area contributed by atoms with Crippen molar-refractivity contribution in [2.45, 2.75) is 25.7 Å². The molecule has 0 aliphatic rings. The zero-order valence-electron chi connectivity index (χ0n) is 11.0. The second-order valence-corrected chi connectivity index (χ2v) is 4.74. The molecule has 0 aromatic heterocycles. The molecule has 0 aliphatic heterocycles. The first-order valence-corrected chi connectivity index (χ1v) is 6.68. The van der Waals surface area contributed by atoms with E-state index in [0.717, 1.165) is 30.5 Å². The van der Waals surface area contributed by atoms with Crippen molar-refractivity contribution in [3.63, 3.8) is 0 Å². The van der Waals surface area contributed by atoms with E-state index < -0.39 is 0 Å². The van der Waals surface area contributed by atoms with E-state index in [9.17, 15) is 4.79 Å². The Hall–Kier alpha value is -2.09. The lowest BCUT2D eigenvalue weighted by molar-refractivity contribution is 0.0979. The van der Waals surface area contributed by atoms with Gasteiger partial charge in [-0.25, -0.2) is 0 Å². The lowest BCUT2D eigenvalue weighted by Crippen LogP contribution is -1.98. The molecule has 19 heavy (non-hydrogen) atoms. The minimum absolute atomic E-state index is 0.234. The first kappa shape index (κ1) is 13.3. The fraction of sp³-hybridized carbons (Fsp3) is 0.235. The van der Waals surface area contributed by atoms with Crippen molar-refractivity contribution in [3.05, 3.63) is 65.7 Å². The number of hydrogen-bond acceptors (Lipinski definition) is 2. The number of nitrogens with two attached hydrogens (primary N) is 1. The maximum absolute atomic E-state index is 11.9. The Labute approximate surface area is 114 Å². The summed E-state index contributed by atoms with van der Waals surface area (Å²) in [4.78, 5) is 11.9. The molecule has 2 heteroatoms. The van der Waals surface area contributed by atoms with Crippen LogP contribution in [0.15, 0.2) is 54.6 Å². The SMILES string of the molecule is Nc1ccc(CCCCC(=O)c2ccccc2)cc1. The van der Waals surface area contributed by atoms with Crippen LogP contribution >= 0.6 is 0 Å². The van der Waals surface area contributed by atoms with Gasteiger partial charge in [0.25, 0.3) is 0 Å². The number of benzene rings is 2. The Balaban J connectivity index is 1.72. The van der Waals surface area contributed by atoms with Crippen molar-refractivity contribution in [3.8, 4) is 0 Å². The summed E-state index contributed by atoms with van der Waals surface area (Å²) >= 11 is 0. The van der Waals surface area contributed by atoms with Crippen molar-refractivity contribution >= 4 is 11.5 Å². The van der Waals surface area contributed by atoms with Crippen LogP contribution in [0.25, 0.3) is 0 Å². The van der Waals surface area contributed by atoms with Gasteiger partial charge in [0.05, 0.1) is 0 Å². The third-order valence-electron chi connectivity index (χ3n) is 3.19. The molecule has 0 atom stereocenters. The number of carbonyl (C=O) groups excluding carboxylic acids is 1. The molecule has 0 unspecified atom stereocenters. The van der Waals surface area contributed by atoms with Crippen LogP contribution in [0.5, 0.6) is 0 Å². The molecule has 0 saturated carbocycles. The molecule has 0 aliphatic carbocycles. The first-order chi connectivity index (χ1) is 9.25. The van der Waals surface area contributed by atoms with Crippen molar-refractivity contribution in [2.24, 2.45) is 0 Å². The van der Waals surface area contributed by atoms with Crippen LogP contribution in [-0.2, 0) is 6.42 Å². The molecule has 2 rings (SSSR count). The number of hydrogen-bond donors (Lipinski definition) is 1. The van der Waals surface area contributed by atoms with E-state index in [1.807, 2.05) is 54.6 Å². The summed E-state index contributed by atoms with van der Waals surface area (Å²) in [6.45, 7) is 0. The summed E-state index contributed by atoms with van der Waals surface area (Å²) < 4.78 is 0. The maximum Gasteiger partial charge on any atom is 0.162 e. The monoisotopic (exact) mass is 253 g/mol. The van der Waals surface area contributed by atoms with Gasteiger partial charge in [-0.15, -0.1) is 0 Å². The number of ketones is 1. The summed E-state index contributed by atoms with van der Waals surface area (Å²) in [5.74, 6) is 0.234. The molecule has 0 spiro atoms. The number of aryl methyl sites for hydroxylation is 1. The number of nitrogen functional groups attached to an aromatic ring is 1. The highest BCUT2D eigenvalue weighted by atomic mass is 16.1. The van der Waals surface area contributed by atoms with Crippen LogP contribution in [0.4, 0.5) is 5.69 Å². The lowest BCUT2D eigenvalue weighted by atomic mass is 10.0. The molecule has 0 saturated heterocycles. The molecule has 2 nitrogen and oxygen atoms in total. The molecule has 0 fully saturated rings. The highest BCUT2D eigenvalue weighted by Crippen LogP contribution is 2.11. The van der Waals surface area contributed by atoms with Crippen LogP contribution in [-0.4, -0.2) is 5.78 Å². The molecule has 0 radical (unpaired) electrons. The maximum atomic E-state index is 11.9. The number of rotatable bonds is 6. The summed E-state index contributed by atoms with van der Waals surface area (Å²) in [5, 5.41) is 0. The van der Waals surface area contributed by atoms with Gasteiger partial charge in [0, 0.05) is 17.7 Å². The Kier molecular flexibility index (Phi) is 4.73. The standard InChI is InChI=1S/C17H19NO/c18-16-12-10-14(11-13-16)6-4-5-9-17(19)15-7-2-1-3-8-15/h1-3,7-8,10-13H,4-6,9,18H2. The van der Waals surface area contributed by atoms with Crippen LogP contribution < -0.4 is 5.73 Å². The number of unbranched alkanes of at least 4 members (excludes halogenated alkanes) is 1. The molecule has 2 aromatic rings. The average Bonchev–Trinajstić information content (AvgIpc) is 2.46. The summed E-state index contributed by atoms with van der Waals surface area (Å²) in [6, 6.07) is 17.4. The van der Waals surface area contributed by atoms with Gasteiger partial charge >= 0.3 is 0 Å². The zero-order chi connectivity index (χ0) is 13.5. The Morgan fingerprint density at radius 1 is 0.895 bits per heavy atom. The molecule has 0 amide bonds. The lowest BCUT2D eigenvalue weighted by Gasteiger charge is -2.03. The minimum Gasteiger partial charge on any atom is -0.399 e. The molecular formula is C17H19NO. The molecule has 98 valence electrons. The Morgan fingerprint density at radius 2 is 1.58 bits per heavy atom. The Morgan fingerprint density at radius 3 is 2.26 bits per heavy atom. The first-order valence-electron chi connectivity index (χ1n) is 6.68. The van der Waals surface area contributed by atoms with Crippen molar-refractivity contribution < 1.29 is 4.79 Å². The summed E-state index contributed by atoms with van der Waals surface area (Å²) in [5.41, 5.74) is 8.53. The van der Waals surface area contributed by atoms with Crippen LogP contribution in [0.3, 0.4) is 0 Å². The molecule has 0 heterocycles. The van der Waals surface area contributed by atoms with E-state index in [1.54, 1.807) is 0 Å². The second kappa shape index (κ2) is 6.74. The minimum atomic E-state index is 0.234. The largest absolute Gasteiger partial charge is 0.399 e. The fourth-order valence-electron chi connectivity index (χ4n) is 2.07. The smallest absolute Gasteiger partial charge is 0.162 e. The predicted molar refractivity (Wildman–Crippen MR) is 79.2 cm³/mol. The number of carbonyl (C=O) groups is 1. The third-order valence-corrected chi connectivity index (χ3v) is 3.19.